The van der Waals surface area contributed by atoms with Crippen molar-refractivity contribution in [1.82, 2.24) is 0 Å². The number of nitrogens with zero attached hydrogens (tertiary/aromatic N) is 1. The van der Waals surface area contributed by atoms with Crippen molar-refractivity contribution in [3.05, 3.63) is 83.9 Å². The van der Waals surface area contributed by atoms with Gasteiger partial charge in [-0.3, -0.25) is 4.79 Å². The normalized spacial score (nSPS) is 12.7. The molecule has 0 heterocycles. The van der Waals surface area contributed by atoms with Crippen molar-refractivity contribution < 1.29 is 19.8 Å². The summed E-state index contributed by atoms with van der Waals surface area (Å²) in [7, 11) is 0. The van der Waals surface area contributed by atoms with Crippen LogP contribution in [-0.2, 0) is 16.0 Å². The van der Waals surface area contributed by atoms with Gasteiger partial charge in [-0.15, -0.1) is 0 Å². The number of carbonyl (C=O) groups is 2. The first-order valence-electron chi connectivity index (χ1n) is 9.05. The molecule has 1 aliphatic rings. The molecular weight excluding hydrogens is 354 g/mol. The molecule has 1 atom stereocenters. The van der Waals surface area contributed by atoms with Gasteiger partial charge in [0, 0.05) is 17.8 Å². The molecule has 4 rings (SSSR count). The van der Waals surface area contributed by atoms with Crippen molar-refractivity contribution >= 4 is 23.3 Å². The molecule has 5 heteroatoms. The molecule has 3 aromatic carbocycles. The highest BCUT2D eigenvalue weighted by atomic mass is 16.4. The van der Waals surface area contributed by atoms with Crippen LogP contribution in [0.1, 0.15) is 17.5 Å². The van der Waals surface area contributed by atoms with E-state index in [0.717, 1.165) is 22.4 Å². The molecule has 28 heavy (non-hydrogen) atoms. The molecule has 0 saturated heterocycles. The Balaban J connectivity index is 1.90. The molecule has 0 bridgehead atoms. The maximum atomic E-state index is 12.0. The number of para-hydroxylation sites is 1. The molecule has 5 nitrogen and oxygen atoms in total. The van der Waals surface area contributed by atoms with E-state index in [4.69, 9.17) is 0 Å². The van der Waals surface area contributed by atoms with E-state index in [2.05, 4.69) is 12.1 Å². The van der Waals surface area contributed by atoms with E-state index in [-0.39, 0.29) is 0 Å². The molecule has 140 valence electrons. The van der Waals surface area contributed by atoms with Crippen molar-refractivity contribution in [2.24, 2.45) is 0 Å². The van der Waals surface area contributed by atoms with Crippen LogP contribution >= 0.6 is 0 Å². The van der Waals surface area contributed by atoms with Crippen LogP contribution in [0.15, 0.2) is 72.8 Å². The number of aliphatic carboxylic acids is 2. The first-order chi connectivity index (χ1) is 13.6. The summed E-state index contributed by atoms with van der Waals surface area (Å²) in [5.41, 5.74) is 5.78. The molecule has 3 aromatic rings. The van der Waals surface area contributed by atoms with Gasteiger partial charge in [-0.1, -0.05) is 54.6 Å². The van der Waals surface area contributed by atoms with Gasteiger partial charge < -0.3 is 15.1 Å². The van der Waals surface area contributed by atoms with Crippen LogP contribution in [0.5, 0.6) is 0 Å². The van der Waals surface area contributed by atoms with Crippen LogP contribution in [0.25, 0.3) is 11.1 Å². The highest BCUT2D eigenvalue weighted by molar-refractivity contribution is 5.90. The lowest BCUT2D eigenvalue weighted by Crippen LogP contribution is -2.40. The smallest absolute Gasteiger partial charge is 0.327 e. The summed E-state index contributed by atoms with van der Waals surface area (Å²) in [6.07, 6.45) is 0.186. The maximum Gasteiger partial charge on any atom is 0.327 e. The maximum absolute atomic E-state index is 12.0. The average Bonchev–Trinajstić information content (AvgIpc) is 3.07. The van der Waals surface area contributed by atoms with Gasteiger partial charge in [-0.05, 0) is 40.5 Å². The van der Waals surface area contributed by atoms with Gasteiger partial charge in [0.15, 0.2) is 0 Å². The monoisotopic (exact) mass is 373 g/mol. The predicted octanol–water partition coefficient (Wildman–Crippen LogP) is 4.32. The third kappa shape index (κ3) is 3.11. The molecule has 0 unspecified atom stereocenters. The number of benzene rings is 3. The Labute approximate surface area is 162 Å². The molecule has 0 radical (unpaired) electrons. The summed E-state index contributed by atoms with van der Waals surface area (Å²) in [6, 6.07) is 21.8. The van der Waals surface area contributed by atoms with Crippen LogP contribution in [0.4, 0.5) is 11.4 Å². The first-order valence-corrected chi connectivity index (χ1v) is 9.05. The highest BCUT2D eigenvalue weighted by Crippen LogP contribution is 2.43. The molecule has 0 aromatic heterocycles. The first kappa shape index (κ1) is 17.8. The Kier molecular flexibility index (Phi) is 4.57. The Morgan fingerprint density at radius 2 is 1.54 bits per heavy atom. The number of fused-ring (bicyclic) bond motifs is 3. The zero-order valence-corrected chi connectivity index (χ0v) is 15.1. The standard InChI is InChI=1S/C23H19NO4/c25-22(26)14-21(23(27)28)24(16-8-2-1-3-9-16)20-12-6-11-18-17-10-5-4-7-15(17)13-19(18)20/h1-12,21H,13-14H2,(H,25,26)(H,27,28)/t21-/m0/s1. The van der Waals surface area contributed by atoms with Crippen LogP contribution in [0.2, 0.25) is 0 Å². The summed E-state index contributed by atoms with van der Waals surface area (Å²) in [6.45, 7) is 0. The van der Waals surface area contributed by atoms with Crippen LogP contribution in [0.3, 0.4) is 0 Å². The molecular formula is C23H19NO4. The predicted molar refractivity (Wildman–Crippen MR) is 107 cm³/mol. The van der Waals surface area contributed by atoms with Gasteiger partial charge in [-0.2, -0.15) is 0 Å². The second kappa shape index (κ2) is 7.19. The van der Waals surface area contributed by atoms with Crippen LogP contribution < -0.4 is 4.90 Å². The van der Waals surface area contributed by atoms with Crippen LogP contribution in [-0.4, -0.2) is 28.2 Å². The molecule has 0 saturated carbocycles. The fraction of sp³-hybridized carbons (Fsp3) is 0.130. The summed E-state index contributed by atoms with van der Waals surface area (Å²) < 4.78 is 0. The van der Waals surface area contributed by atoms with Crippen molar-refractivity contribution in [2.75, 3.05) is 4.90 Å². The van der Waals surface area contributed by atoms with Gasteiger partial charge in [-0.25, -0.2) is 4.79 Å². The fourth-order valence-electron chi connectivity index (χ4n) is 3.90. The molecule has 0 fully saturated rings. The van der Waals surface area contributed by atoms with Gasteiger partial charge in [0.1, 0.15) is 6.04 Å². The third-order valence-corrected chi connectivity index (χ3v) is 5.08. The summed E-state index contributed by atoms with van der Waals surface area (Å²) >= 11 is 0. The lowest BCUT2D eigenvalue weighted by Gasteiger charge is -2.32. The lowest BCUT2D eigenvalue weighted by atomic mass is 10.0. The summed E-state index contributed by atoms with van der Waals surface area (Å²) in [5, 5.41) is 19.2. The number of hydrogen-bond acceptors (Lipinski definition) is 3. The third-order valence-electron chi connectivity index (χ3n) is 5.08. The number of carboxylic acids is 2. The highest BCUT2D eigenvalue weighted by Gasteiger charge is 2.33. The SMILES string of the molecule is O=C(O)C[C@@H](C(=O)O)N(c1ccccc1)c1cccc2c1Cc1ccccc1-2. The van der Waals surface area contributed by atoms with E-state index >= 15 is 0 Å². The Morgan fingerprint density at radius 1 is 0.857 bits per heavy atom. The average molecular weight is 373 g/mol. The number of rotatable bonds is 6. The van der Waals surface area contributed by atoms with Gasteiger partial charge in [0.2, 0.25) is 0 Å². The summed E-state index contributed by atoms with van der Waals surface area (Å²) in [4.78, 5) is 25.1. The lowest BCUT2D eigenvalue weighted by molar-refractivity contribution is -0.144. The second-order valence-corrected chi connectivity index (χ2v) is 6.79. The van der Waals surface area contributed by atoms with Gasteiger partial charge >= 0.3 is 11.9 Å². The Hall–Kier alpha value is -3.60. The van der Waals surface area contributed by atoms with E-state index in [0.29, 0.717) is 12.1 Å². The van der Waals surface area contributed by atoms with Crippen LogP contribution in [0, 0.1) is 0 Å². The molecule has 0 amide bonds. The van der Waals surface area contributed by atoms with Gasteiger partial charge in [0.25, 0.3) is 0 Å². The van der Waals surface area contributed by atoms with E-state index in [9.17, 15) is 19.8 Å². The van der Waals surface area contributed by atoms with Gasteiger partial charge in [0.05, 0.1) is 6.42 Å². The van der Waals surface area contributed by atoms with E-state index in [1.165, 1.54) is 5.56 Å². The van der Waals surface area contributed by atoms with Crippen molar-refractivity contribution in [3.8, 4) is 11.1 Å². The van der Waals surface area contributed by atoms with Crippen molar-refractivity contribution in [3.63, 3.8) is 0 Å². The topological polar surface area (TPSA) is 77.8 Å². The minimum absolute atomic E-state index is 0.499. The zero-order chi connectivity index (χ0) is 19.7. The number of hydrogen-bond donors (Lipinski definition) is 2. The Morgan fingerprint density at radius 3 is 2.25 bits per heavy atom. The minimum Gasteiger partial charge on any atom is -0.481 e. The van der Waals surface area contributed by atoms with Crippen molar-refractivity contribution in [1.29, 1.82) is 0 Å². The largest absolute Gasteiger partial charge is 0.481 e. The van der Waals surface area contributed by atoms with E-state index in [1.54, 1.807) is 17.0 Å². The zero-order valence-electron chi connectivity index (χ0n) is 15.1. The minimum atomic E-state index is -1.21. The number of carboxylic acid groups (broad SMARTS) is 2. The molecule has 0 aliphatic heterocycles. The Bertz CT molecular complexity index is 1050. The molecule has 1 aliphatic carbocycles. The molecule has 2 N–H and O–H groups in total. The quantitative estimate of drug-likeness (QED) is 0.526. The molecule has 0 spiro atoms. The van der Waals surface area contributed by atoms with E-state index < -0.39 is 24.4 Å². The summed E-state index contributed by atoms with van der Waals surface area (Å²) in [5.74, 6) is -2.32. The fourth-order valence-corrected chi connectivity index (χ4v) is 3.90. The van der Waals surface area contributed by atoms with Crippen molar-refractivity contribution in [2.45, 2.75) is 18.9 Å². The van der Waals surface area contributed by atoms with E-state index in [1.807, 2.05) is 48.5 Å². The second-order valence-electron chi connectivity index (χ2n) is 6.79. The number of anilines is 2.